The molecule has 33 heavy (non-hydrogen) atoms. The van der Waals surface area contributed by atoms with Gasteiger partial charge in [0.1, 0.15) is 24.1 Å². The summed E-state index contributed by atoms with van der Waals surface area (Å²) in [5.41, 5.74) is 0.652. The van der Waals surface area contributed by atoms with E-state index in [4.69, 9.17) is 28.4 Å². The molecule has 0 bridgehead atoms. The third kappa shape index (κ3) is 5.87. The topological polar surface area (TPSA) is 84.5 Å². The molecule has 1 N–H and O–H groups in total. The van der Waals surface area contributed by atoms with Crippen molar-refractivity contribution in [3.63, 3.8) is 0 Å². The normalized spacial score (nSPS) is 31.6. The lowest BCUT2D eigenvalue weighted by atomic mass is 9.98. The highest BCUT2D eigenvalue weighted by molar-refractivity contribution is 5.94. The van der Waals surface area contributed by atoms with Crippen LogP contribution < -0.4 is 10.1 Å². The average Bonchev–Trinajstić information content (AvgIpc) is 3.24. The summed E-state index contributed by atoms with van der Waals surface area (Å²) in [5.74, 6) is -1.21. The zero-order valence-corrected chi connectivity index (χ0v) is 20.3. The smallest absolute Gasteiger partial charge is 0.256 e. The number of carbonyl (C=O) groups excluding carboxylic acids is 1. The zero-order valence-electron chi connectivity index (χ0n) is 20.3. The summed E-state index contributed by atoms with van der Waals surface area (Å²) in [7, 11) is 0. The highest BCUT2D eigenvalue weighted by atomic mass is 16.9. The van der Waals surface area contributed by atoms with Crippen molar-refractivity contribution in [2.24, 2.45) is 0 Å². The van der Waals surface area contributed by atoms with Crippen molar-refractivity contribution in [1.29, 1.82) is 0 Å². The molecular weight excluding hydrogens is 426 g/mol. The van der Waals surface area contributed by atoms with Crippen LogP contribution in [0.4, 0.5) is 5.69 Å². The van der Waals surface area contributed by atoms with Gasteiger partial charge in [0, 0.05) is 5.69 Å². The van der Waals surface area contributed by atoms with E-state index in [2.05, 4.69) is 12.2 Å². The lowest BCUT2D eigenvalue weighted by molar-refractivity contribution is -0.229. The Labute approximate surface area is 196 Å². The van der Waals surface area contributed by atoms with Gasteiger partial charge in [-0.1, -0.05) is 32.6 Å². The minimum atomic E-state index is -0.894. The van der Waals surface area contributed by atoms with Crippen molar-refractivity contribution in [2.75, 3.05) is 11.9 Å². The van der Waals surface area contributed by atoms with Crippen molar-refractivity contribution in [1.82, 2.24) is 0 Å². The fraction of sp³-hybridized carbons (Fsp3) is 0.720. The second-order valence-corrected chi connectivity index (χ2v) is 9.87. The fourth-order valence-corrected chi connectivity index (χ4v) is 4.57. The molecule has 3 heterocycles. The van der Waals surface area contributed by atoms with E-state index in [-0.39, 0.29) is 5.91 Å². The molecule has 1 aromatic rings. The van der Waals surface area contributed by atoms with Gasteiger partial charge in [0.2, 0.25) is 0 Å². The van der Waals surface area contributed by atoms with Crippen LogP contribution in [0, 0.1) is 0 Å². The summed E-state index contributed by atoms with van der Waals surface area (Å²) in [6.45, 7) is 10.2. The predicted molar refractivity (Wildman–Crippen MR) is 122 cm³/mol. The van der Waals surface area contributed by atoms with E-state index >= 15 is 0 Å². The first-order chi connectivity index (χ1) is 15.7. The predicted octanol–water partition coefficient (Wildman–Crippen LogP) is 4.37. The van der Waals surface area contributed by atoms with Crippen molar-refractivity contribution < 1.29 is 33.2 Å². The van der Waals surface area contributed by atoms with E-state index in [9.17, 15) is 4.79 Å². The first-order valence-corrected chi connectivity index (χ1v) is 12.1. The first kappa shape index (κ1) is 24.4. The van der Waals surface area contributed by atoms with E-state index in [1.54, 1.807) is 0 Å². The number of rotatable bonds is 9. The molecule has 3 aliphatic heterocycles. The molecule has 0 aromatic heterocycles. The molecule has 5 atom stereocenters. The van der Waals surface area contributed by atoms with E-state index < -0.39 is 42.3 Å². The van der Waals surface area contributed by atoms with Crippen LogP contribution in [-0.2, 0) is 28.5 Å². The summed E-state index contributed by atoms with van der Waals surface area (Å²) in [6.07, 6.45) is 2.85. The van der Waals surface area contributed by atoms with Gasteiger partial charge >= 0.3 is 0 Å². The SMILES string of the molecule is CCCCCCCOc1ccc(NC(=O)[C@@H]2O[C@H]3OC(C)(C)O[C@@H]3[C@H]3OC(C)(C)O[C@@H]32)cc1. The maximum absolute atomic E-state index is 13.2. The van der Waals surface area contributed by atoms with Crippen LogP contribution in [-0.4, -0.2) is 54.8 Å². The minimum Gasteiger partial charge on any atom is -0.494 e. The van der Waals surface area contributed by atoms with Crippen LogP contribution >= 0.6 is 0 Å². The van der Waals surface area contributed by atoms with Crippen LogP contribution in [0.15, 0.2) is 24.3 Å². The summed E-state index contributed by atoms with van der Waals surface area (Å²) in [6, 6.07) is 7.36. The highest BCUT2D eigenvalue weighted by Crippen LogP contribution is 2.44. The highest BCUT2D eigenvalue weighted by Gasteiger charge is 2.62. The van der Waals surface area contributed by atoms with Crippen LogP contribution in [0.1, 0.15) is 66.7 Å². The number of hydrogen-bond donors (Lipinski definition) is 1. The van der Waals surface area contributed by atoms with Gasteiger partial charge in [-0.15, -0.1) is 0 Å². The molecule has 0 radical (unpaired) electrons. The number of fused-ring (bicyclic) bond motifs is 3. The van der Waals surface area contributed by atoms with Crippen LogP contribution in [0.2, 0.25) is 0 Å². The summed E-state index contributed by atoms with van der Waals surface area (Å²) in [4.78, 5) is 13.2. The second-order valence-electron chi connectivity index (χ2n) is 9.87. The molecular formula is C25H37NO7. The minimum absolute atomic E-state index is 0.317. The average molecular weight is 464 g/mol. The molecule has 4 rings (SSSR count). The van der Waals surface area contributed by atoms with Crippen LogP contribution in [0.5, 0.6) is 5.75 Å². The maximum atomic E-state index is 13.2. The Morgan fingerprint density at radius 1 is 0.879 bits per heavy atom. The van der Waals surface area contributed by atoms with Crippen molar-refractivity contribution in [3.8, 4) is 5.75 Å². The van der Waals surface area contributed by atoms with E-state index in [0.717, 1.165) is 12.2 Å². The molecule has 184 valence electrons. The lowest BCUT2D eigenvalue weighted by Gasteiger charge is -2.36. The zero-order chi connectivity index (χ0) is 23.6. The Kier molecular flexibility index (Phi) is 7.31. The number of unbranched alkanes of at least 4 members (excludes halogenated alkanes) is 4. The summed E-state index contributed by atoms with van der Waals surface area (Å²) < 4.78 is 35.8. The van der Waals surface area contributed by atoms with Gasteiger partial charge in [0.05, 0.1) is 6.61 Å². The van der Waals surface area contributed by atoms with Gasteiger partial charge in [-0.3, -0.25) is 4.79 Å². The first-order valence-electron chi connectivity index (χ1n) is 12.1. The van der Waals surface area contributed by atoms with Gasteiger partial charge in [-0.2, -0.15) is 0 Å². The van der Waals surface area contributed by atoms with E-state index in [0.29, 0.717) is 12.3 Å². The largest absolute Gasteiger partial charge is 0.494 e. The molecule has 1 aromatic carbocycles. The number of anilines is 1. The molecule has 1 amide bonds. The monoisotopic (exact) mass is 463 g/mol. The Bertz CT molecular complexity index is 809. The Balaban J connectivity index is 1.35. The van der Waals surface area contributed by atoms with Gasteiger partial charge in [0.25, 0.3) is 5.91 Å². The quantitative estimate of drug-likeness (QED) is 0.544. The molecule has 8 heteroatoms. The third-order valence-electron chi connectivity index (χ3n) is 6.05. The van der Waals surface area contributed by atoms with Crippen molar-refractivity contribution in [2.45, 2.75) is 109 Å². The molecule has 8 nitrogen and oxygen atoms in total. The van der Waals surface area contributed by atoms with E-state index in [1.165, 1.54) is 25.7 Å². The lowest BCUT2D eigenvalue weighted by Crippen LogP contribution is -2.58. The maximum Gasteiger partial charge on any atom is 0.256 e. The summed E-state index contributed by atoms with van der Waals surface area (Å²) in [5, 5.41) is 2.92. The Hall–Kier alpha value is -1.71. The number of amides is 1. The number of nitrogens with one attached hydrogen (secondary N) is 1. The molecule has 0 saturated carbocycles. The van der Waals surface area contributed by atoms with E-state index in [1.807, 2.05) is 52.0 Å². The molecule has 3 saturated heterocycles. The van der Waals surface area contributed by atoms with Crippen LogP contribution in [0.25, 0.3) is 0 Å². The molecule has 0 aliphatic carbocycles. The number of benzene rings is 1. The standard InChI is InChI=1S/C25H37NO7/c1-6-7-8-9-10-15-28-17-13-11-16(12-14-17)26-22(27)20-18-19(31-24(2,3)30-18)21-23(29-20)33-25(4,5)32-21/h11-14,18-21,23H,6-10,15H2,1-5H3,(H,26,27)/t18-,19-,20+,21+,23-/m0/s1. The molecule has 3 aliphatic rings. The fourth-order valence-electron chi connectivity index (χ4n) is 4.57. The Morgan fingerprint density at radius 2 is 1.52 bits per heavy atom. The number of hydrogen-bond acceptors (Lipinski definition) is 7. The Morgan fingerprint density at radius 3 is 2.24 bits per heavy atom. The molecule has 3 fully saturated rings. The van der Waals surface area contributed by atoms with Crippen molar-refractivity contribution >= 4 is 11.6 Å². The third-order valence-corrected chi connectivity index (χ3v) is 6.05. The van der Waals surface area contributed by atoms with Crippen LogP contribution in [0.3, 0.4) is 0 Å². The number of carbonyl (C=O) groups is 1. The number of ether oxygens (including phenoxy) is 6. The van der Waals surface area contributed by atoms with Gasteiger partial charge in [-0.05, 0) is 58.4 Å². The van der Waals surface area contributed by atoms with Crippen molar-refractivity contribution in [3.05, 3.63) is 24.3 Å². The van der Waals surface area contributed by atoms with Gasteiger partial charge < -0.3 is 33.7 Å². The van der Waals surface area contributed by atoms with Gasteiger partial charge in [-0.25, -0.2) is 0 Å². The van der Waals surface area contributed by atoms with Gasteiger partial charge in [0.15, 0.2) is 24.0 Å². The summed E-state index contributed by atoms with van der Waals surface area (Å²) >= 11 is 0. The molecule has 0 spiro atoms. The second kappa shape index (κ2) is 9.88. The molecule has 0 unspecified atom stereocenters.